The van der Waals surface area contributed by atoms with E-state index in [1.54, 1.807) is 0 Å². The first kappa shape index (κ1) is 20.9. The van der Waals surface area contributed by atoms with E-state index in [1.807, 2.05) is 0 Å². The molecule has 0 radical (unpaired) electrons. The standard InChI is InChI=1S/C20H34N4O4/c25-14-9-16(15-7-2-1-3-8-15)22-18(27)21-12-6-13-24-17(26)20(23-19(24)28)10-4-5-11-20/h15-16,25H,1-14H2,(H,23,28)(H2,21,22,27). The number of carbonyl (C=O) groups excluding carboxylic acids is 3. The summed E-state index contributed by atoms with van der Waals surface area (Å²) in [5.41, 5.74) is -0.667. The molecule has 1 heterocycles. The molecule has 5 amide bonds. The van der Waals surface area contributed by atoms with Crippen LogP contribution in [0.1, 0.15) is 70.6 Å². The Morgan fingerprint density at radius 1 is 1.18 bits per heavy atom. The fraction of sp³-hybridized carbons (Fsp3) is 0.850. The summed E-state index contributed by atoms with van der Waals surface area (Å²) in [5.74, 6) is 0.319. The van der Waals surface area contributed by atoms with Crippen LogP contribution < -0.4 is 16.0 Å². The zero-order chi connectivity index (χ0) is 20.0. The van der Waals surface area contributed by atoms with Gasteiger partial charge >= 0.3 is 12.1 Å². The van der Waals surface area contributed by atoms with Gasteiger partial charge in [0.1, 0.15) is 5.54 Å². The topological polar surface area (TPSA) is 111 Å². The van der Waals surface area contributed by atoms with E-state index < -0.39 is 5.54 Å². The molecule has 3 fully saturated rings. The van der Waals surface area contributed by atoms with Crippen molar-refractivity contribution in [3.05, 3.63) is 0 Å². The van der Waals surface area contributed by atoms with Crippen molar-refractivity contribution in [2.45, 2.75) is 82.2 Å². The first-order chi connectivity index (χ1) is 13.6. The van der Waals surface area contributed by atoms with Gasteiger partial charge in [0.05, 0.1) is 0 Å². The minimum atomic E-state index is -0.667. The average Bonchev–Trinajstić information content (AvgIpc) is 3.25. The molecular formula is C20H34N4O4. The number of amides is 5. The maximum atomic E-state index is 12.6. The smallest absolute Gasteiger partial charge is 0.325 e. The molecule has 1 aliphatic heterocycles. The Hall–Kier alpha value is -1.83. The number of nitrogens with one attached hydrogen (secondary N) is 3. The quantitative estimate of drug-likeness (QED) is 0.372. The molecule has 0 aromatic rings. The molecule has 28 heavy (non-hydrogen) atoms. The molecule has 3 rings (SSSR count). The van der Waals surface area contributed by atoms with E-state index in [2.05, 4.69) is 16.0 Å². The Morgan fingerprint density at radius 2 is 1.89 bits per heavy atom. The van der Waals surface area contributed by atoms with Crippen LogP contribution >= 0.6 is 0 Å². The summed E-state index contributed by atoms with van der Waals surface area (Å²) in [5, 5.41) is 18.0. The average molecular weight is 395 g/mol. The van der Waals surface area contributed by atoms with Crippen LogP contribution in [0.15, 0.2) is 0 Å². The molecule has 1 saturated heterocycles. The third-order valence-corrected chi connectivity index (χ3v) is 6.52. The van der Waals surface area contributed by atoms with E-state index in [1.165, 1.54) is 24.2 Å². The highest BCUT2D eigenvalue weighted by molar-refractivity contribution is 6.07. The van der Waals surface area contributed by atoms with Gasteiger partial charge in [0, 0.05) is 25.7 Å². The van der Waals surface area contributed by atoms with Gasteiger partial charge in [-0.25, -0.2) is 9.59 Å². The van der Waals surface area contributed by atoms with Crippen molar-refractivity contribution in [3.63, 3.8) is 0 Å². The molecule has 0 aromatic heterocycles. The molecule has 8 heteroatoms. The Balaban J connectivity index is 1.39. The highest BCUT2D eigenvalue weighted by Crippen LogP contribution is 2.35. The van der Waals surface area contributed by atoms with Crippen molar-refractivity contribution in [2.24, 2.45) is 5.92 Å². The second-order valence-corrected chi connectivity index (χ2v) is 8.45. The van der Waals surface area contributed by atoms with E-state index >= 15 is 0 Å². The summed E-state index contributed by atoms with van der Waals surface area (Å²) in [6.45, 7) is 0.775. The van der Waals surface area contributed by atoms with Crippen molar-refractivity contribution in [1.82, 2.24) is 20.9 Å². The van der Waals surface area contributed by atoms with Crippen molar-refractivity contribution in [3.8, 4) is 0 Å². The fourth-order valence-electron chi connectivity index (χ4n) is 4.96. The van der Waals surface area contributed by atoms with E-state index in [4.69, 9.17) is 0 Å². The maximum absolute atomic E-state index is 12.6. The summed E-state index contributed by atoms with van der Waals surface area (Å²) in [4.78, 5) is 38.2. The minimum Gasteiger partial charge on any atom is -0.396 e. The molecule has 1 spiro atoms. The zero-order valence-electron chi connectivity index (χ0n) is 16.7. The van der Waals surface area contributed by atoms with Crippen molar-refractivity contribution in [2.75, 3.05) is 19.7 Å². The SMILES string of the molecule is O=C(NCCCN1C(=O)NC2(CCCC2)C1=O)NC(CCO)C1CCCCC1. The fourth-order valence-corrected chi connectivity index (χ4v) is 4.96. The third-order valence-electron chi connectivity index (χ3n) is 6.52. The Kier molecular flexibility index (Phi) is 7.15. The Bertz CT molecular complexity index is 571. The third kappa shape index (κ3) is 4.77. The number of aliphatic hydroxyl groups excluding tert-OH is 1. The predicted octanol–water partition coefficient (Wildman–Crippen LogP) is 1.87. The number of hydrogen-bond acceptors (Lipinski definition) is 4. The zero-order valence-corrected chi connectivity index (χ0v) is 16.7. The minimum absolute atomic E-state index is 0.00142. The lowest BCUT2D eigenvalue weighted by atomic mass is 9.83. The summed E-state index contributed by atoms with van der Waals surface area (Å²) >= 11 is 0. The van der Waals surface area contributed by atoms with Gasteiger partial charge < -0.3 is 21.1 Å². The first-order valence-electron chi connectivity index (χ1n) is 10.8. The molecule has 0 bridgehead atoms. The Labute approximate surface area is 166 Å². The first-order valence-corrected chi connectivity index (χ1v) is 10.8. The molecule has 1 atom stereocenters. The number of imide groups is 1. The number of rotatable bonds is 8. The Morgan fingerprint density at radius 3 is 2.57 bits per heavy atom. The van der Waals surface area contributed by atoms with Gasteiger partial charge in [-0.15, -0.1) is 0 Å². The van der Waals surface area contributed by atoms with Crippen molar-refractivity contribution >= 4 is 18.0 Å². The monoisotopic (exact) mass is 394 g/mol. The molecule has 1 unspecified atom stereocenters. The molecule has 2 saturated carbocycles. The number of carbonyl (C=O) groups is 3. The van der Waals surface area contributed by atoms with E-state index in [0.717, 1.165) is 38.5 Å². The largest absolute Gasteiger partial charge is 0.396 e. The van der Waals surface area contributed by atoms with Crippen LogP contribution in [0.25, 0.3) is 0 Å². The molecule has 0 aromatic carbocycles. The maximum Gasteiger partial charge on any atom is 0.325 e. The number of nitrogens with zero attached hydrogens (tertiary/aromatic N) is 1. The van der Waals surface area contributed by atoms with Gasteiger partial charge in [0.2, 0.25) is 0 Å². The van der Waals surface area contributed by atoms with Crippen LogP contribution in [0.4, 0.5) is 9.59 Å². The number of urea groups is 2. The van der Waals surface area contributed by atoms with Crippen molar-refractivity contribution < 1.29 is 19.5 Å². The van der Waals surface area contributed by atoms with Gasteiger partial charge in [0.15, 0.2) is 0 Å². The molecule has 158 valence electrons. The highest BCUT2D eigenvalue weighted by Gasteiger charge is 2.51. The van der Waals surface area contributed by atoms with Crippen LogP contribution in [0.5, 0.6) is 0 Å². The molecule has 8 nitrogen and oxygen atoms in total. The lowest BCUT2D eigenvalue weighted by Gasteiger charge is -2.30. The molecule has 3 aliphatic rings. The van der Waals surface area contributed by atoms with Gasteiger partial charge in [-0.3, -0.25) is 9.69 Å². The summed E-state index contributed by atoms with van der Waals surface area (Å²) in [6, 6.07) is -0.552. The lowest BCUT2D eigenvalue weighted by Crippen LogP contribution is -2.47. The molecule has 4 N–H and O–H groups in total. The van der Waals surface area contributed by atoms with Crippen LogP contribution in [-0.4, -0.2) is 59.3 Å². The predicted molar refractivity (Wildman–Crippen MR) is 105 cm³/mol. The second-order valence-electron chi connectivity index (χ2n) is 8.45. The van der Waals surface area contributed by atoms with Gasteiger partial charge in [-0.1, -0.05) is 32.1 Å². The lowest BCUT2D eigenvalue weighted by molar-refractivity contribution is -0.131. The summed E-state index contributed by atoms with van der Waals surface area (Å²) in [6.07, 6.45) is 10.3. The summed E-state index contributed by atoms with van der Waals surface area (Å²) in [7, 11) is 0. The van der Waals surface area contributed by atoms with Crippen LogP contribution in [0, 0.1) is 5.92 Å². The number of aliphatic hydroxyl groups is 1. The van der Waals surface area contributed by atoms with Gasteiger partial charge in [-0.05, 0) is 44.4 Å². The van der Waals surface area contributed by atoms with E-state index in [9.17, 15) is 19.5 Å². The number of hydrogen-bond donors (Lipinski definition) is 4. The normalized spacial score (nSPS) is 23.1. The summed E-state index contributed by atoms with van der Waals surface area (Å²) < 4.78 is 0. The van der Waals surface area contributed by atoms with Crippen molar-refractivity contribution in [1.29, 1.82) is 0 Å². The van der Waals surface area contributed by atoms with E-state index in [0.29, 0.717) is 31.8 Å². The van der Waals surface area contributed by atoms with E-state index in [-0.39, 0.29) is 30.6 Å². The highest BCUT2D eigenvalue weighted by atomic mass is 16.3. The van der Waals surface area contributed by atoms with Crippen LogP contribution in [0.3, 0.4) is 0 Å². The second kappa shape index (κ2) is 9.58. The molecular weight excluding hydrogens is 360 g/mol. The van der Waals surface area contributed by atoms with Gasteiger partial charge in [-0.2, -0.15) is 0 Å². The van der Waals surface area contributed by atoms with Crippen LogP contribution in [0.2, 0.25) is 0 Å². The van der Waals surface area contributed by atoms with Gasteiger partial charge in [0.25, 0.3) is 5.91 Å². The molecule has 2 aliphatic carbocycles. The van der Waals surface area contributed by atoms with Crippen LogP contribution in [-0.2, 0) is 4.79 Å².